The Bertz CT molecular complexity index is 470. The first kappa shape index (κ1) is 15.8. The van der Waals surface area contributed by atoms with E-state index in [0.717, 1.165) is 28.1 Å². The van der Waals surface area contributed by atoms with Gasteiger partial charge in [-0.2, -0.15) is 0 Å². The Labute approximate surface area is 135 Å². The van der Waals surface area contributed by atoms with Gasteiger partial charge in [-0.25, -0.2) is 0 Å². The summed E-state index contributed by atoms with van der Waals surface area (Å²) in [5.74, 6) is 0.770. The van der Waals surface area contributed by atoms with E-state index in [2.05, 4.69) is 34.2 Å². The second-order valence-electron chi connectivity index (χ2n) is 5.58. The number of hydrogen-bond donors (Lipinski definition) is 2. The summed E-state index contributed by atoms with van der Waals surface area (Å²) >= 11 is 8.74. The predicted molar refractivity (Wildman–Crippen MR) is 94.3 cm³/mol. The minimum Gasteiger partial charge on any atom is -0.389 e. The molecule has 0 aliphatic heterocycles. The van der Waals surface area contributed by atoms with E-state index in [4.69, 9.17) is 18.0 Å². The number of halogens is 1. The van der Waals surface area contributed by atoms with Gasteiger partial charge < -0.3 is 11.1 Å². The van der Waals surface area contributed by atoms with E-state index in [9.17, 15) is 0 Å². The summed E-state index contributed by atoms with van der Waals surface area (Å²) in [4.78, 5) is 0.443. The van der Waals surface area contributed by atoms with Crippen molar-refractivity contribution >= 4 is 38.8 Å². The largest absolute Gasteiger partial charge is 0.389 e. The summed E-state index contributed by atoms with van der Waals surface area (Å²) in [7, 11) is 0. The van der Waals surface area contributed by atoms with Crippen molar-refractivity contribution in [1.29, 1.82) is 0 Å². The van der Waals surface area contributed by atoms with Gasteiger partial charge in [-0.05, 0) is 53.2 Å². The van der Waals surface area contributed by atoms with Crippen LogP contribution in [-0.4, -0.2) is 11.0 Å². The zero-order chi connectivity index (χ0) is 14.5. The smallest absolute Gasteiger partial charge is 0.107 e. The van der Waals surface area contributed by atoms with Gasteiger partial charge >= 0.3 is 0 Å². The quantitative estimate of drug-likeness (QED) is 0.741. The van der Waals surface area contributed by atoms with Gasteiger partial charge in [-0.15, -0.1) is 0 Å². The maximum atomic E-state index is 5.87. The molecule has 4 heteroatoms. The van der Waals surface area contributed by atoms with Crippen molar-refractivity contribution in [3.05, 3.63) is 28.2 Å². The van der Waals surface area contributed by atoms with E-state index in [1.165, 1.54) is 32.1 Å². The molecule has 0 aromatic heterocycles. The first-order valence-corrected chi connectivity index (χ1v) is 8.68. The second-order valence-corrected chi connectivity index (χ2v) is 6.88. The normalized spacial score (nSPS) is 17.7. The molecule has 1 aliphatic rings. The Balaban J connectivity index is 2.18. The van der Waals surface area contributed by atoms with Gasteiger partial charge in [-0.1, -0.05) is 44.5 Å². The molecule has 0 bridgehead atoms. The highest BCUT2D eigenvalue weighted by atomic mass is 79.9. The van der Waals surface area contributed by atoms with Gasteiger partial charge in [-0.3, -0.25) is 0 Å². The monoisotopic (exact) mass is 354 g/mol. The van der Waals surface area contributed by atoms with E-state index in [1.54, 1.807) is 0 Å². The third-order valence-corrected chi connectivity index (χ3v) is 5.12. The van der Waals surface area contributed by atoms with Crippen molar-refractivity contribution in [3.63, 3.8) is 0 Å². The molecule has 2 nitrogen and oxygen atoms in total. The van der Waals surface area contributed by atoms with Crippen LogP contribution in [0.5, 0.6) is 0 Å². The van der Waals surface area contributed by atoms with Crippen LogP contribution in [0.2, 0.25) is 0 Å². The van der Waals surface area contributed by atoms with Crippen molar-refractivity contribution in [2.24, 2.45) is 11.7 Å². The molecule has 0 heterocycles. The molecule has 110 valence electrons. The molecule has 0 radical (unpaired) electrons. The molecule has 2 rings (SSSR count). The molecule has 1 aliphatic carbocycles. The number of nitrogens with one attached hydrogen (secondary N) is 1. The maximum absolute atomic E-state index is 5.87. The highest BCUT2D eigenvalue weighted by Crippen LogP contribution is 2.32. The van der Waals surface area contributed by atoms with Crippen molar-refractivity contribution in [3.8, 4) is 0 Å². The van der Waals surface area contributed by atoms with Crippen LogP contribution >= 0.6 is 28.1 Å². The standard InChI is InChI=1S/C16H23BrN2S/c1-2-13(11-7-4-3-5-8-11)19-14-10-6-9-12(17)15(14)16(18)20/h6,9-11,13,19H,2-5,7-8H2,1H3,(H2,18,20). The zero-order valence-corrected chi connectivity index (χ0v) is 14.4. The fourth-order valence-electron chi connectivity index (χ4n) is 3.18. The van der Waals surface area contributed by atoms with E-state index >= 15 is 0 Å². The highest BCUT2D eigenvalue weighted by Gasteiger charge is 2.23. The van der Waals surface area contributed by atoms with Crippen LogP contribution in [-0.2, 0) is 0 Å². The molecular formula is C16H23BrN2S. The van der Waals surface area contributed by atoms with Crippen LogP contribution in [0.4, 0.5) is 5.69 Å². The fourth-order valence-corrected chi connectivity index (χ4v) is 4.12. The number of anilines is 1. The predicted octanol–water partition coefficient (Wildman–Crippen LogP) is 4.85. The van der Waals surface area contributed by atoms with Crippen molar-refractivity contribution in [2.75, 3.05) is 5.32 Å². The Morgan fingerprint density at radius 1 is 1.40 bits per heavy atom. The molecule has 0 amide bonds. The molecule has 3 N–H and O–H groups in total. The number of hydrogen-bond acceptors (Lipinski definition) is 2. The maximum Gasteiger partial charge on any atom is 0.107 e. The van der Waals surface area contributed by atoms with Crippen LogP contribution < -0.4 is 11.1 Å². The lowest BCUT2D eigenvalue weighted by molar-refractivity contribution is 0.313. The Hall–Kier alpha value is -0.610. The lowest BCUT2D eigenvalue weighted by Gasteiger charge is -2.31. The minimum absolute atomic E-state index is 0.443. The molecule has 20 heavy (non-hydrogen) atoms. The fraction of sp³-hybridized carbons (Fsp3) is 0.562. The van der Waals surface area contributed by atoms with Gasteiger partial charge in [0, 0.05) is 21.8 Å². The Kier molecular flexibility index (Phi) is 5.85. The summed E-state index contributed by atoms with van der Waals surface area (Å²) in [6.45, 7) is 2.25. The average Bonchev–Trinajstić information content (AvgIpc) is 2.45. The van der Waals surface area contributed by atoms with Crippen LogP contribution in [0.25, 0.3) is 0 Å². The van der Waals surface area contributed by atoms with Crippen LogP contribution in [0.1, 0.15) is 51.0 Å². The first-order valence-electron chi connectivity index (χ1n) is 7.48. The van der Waals surface area contributed by atoms with Crippen molar-refractivity contribution in [1.82, 2.24) is 0 Å². The molecule has 1 saturated carbocycles. The topological polar surface area (TPSA) is 38.0 Å². The third-order valence-electron chi connectivity index (χ3n) is 4.26. The summed E-state index contributed by atoms with van der Waals surface area (Å²) in [6, 6.07) is 6.60. The minimum atomic E-state index is 0.443. The van der Waals surface area contributed by atoms with Crippen molar-refractivity contribution < 1.29 is 0 Å². The van der Waals surface area contributed by atoms with Gasteiger partial charge in [0.1, 0.15) is 4.99 Å². The second kappa shape index (κ2) is 7.41. The number of thiocarbonyl (C=S) groups is 1. The van der Waals surface area contributed by atoms with E-state index < -0.39 is 0 Å². The van der Waals surface area contributed by atoms with E-state index in [-0.39, 0.29) is 0 Å². The highest BCUT2D eigenvalue weighted by molar-refractivity contribution is 9.10. The van der Waals surface area contributed by atoms with Crippen molar-refractivity contribution in [2.45, 2.75) is 51.5 Å². The molecular weight excluding hydrogens is 332 g/mol. The van der Waals surface area contributed by atoms with E-state index in [0.29, 0.717) is 11.0 Å². The Morgan fingerprint density at radius 2 is 2.10 bits per heavy atom. The first-order chi connectivity index (χ1) is 9.63. The Morgan fingerprint density at radius 3 is 2.70 bits per heavy atom. The van der Waals surface area contributed by atoms with Gasteiger partial charge in [0.25, 0.3) is 0 Å². The average molecular weight is 355 g/mol. The van der Waals surface area contributed by atoms with Crippen LogP contribution in [0.3, 0.4) is 0 Å². The summed E-state index contributed by atoms with van der Waals surface area (Å²) in [6.07, 6.45) is 7.92. The SMILES string of the molecule is CCC(Nc1cccc(Br)c1C(N)=S)C1CCCCC1. The number of nitrogens with two attached hydrogens (primary N) is 1. The molecule has 1 aromatic rings. The van der Waals surface area contributed by atoms with Gasteiger partial charge in [0.2, 0.25) is 0 Å². The molecule has 1 unspecified atom stereocenters. The molecule has 1 aromatic carbocycles. The molecule has 0 spiro atoms. The zero-order valence-electron chi connectivity index (χ0n) is 12.0. The van der Waals surface area contributed by atoms with Crippen LogP contribution in [0, 0.1) is 5.92 Å². The lowest BCUT2D eigenvalue weighted by Crippen LogP contribution is -2.31. The van der Waals surface area contributed by atoms with E-state index in [1.807, 2.05) is 12.1 Å². The molecule has 1 atom stereocenters. The van der Waals surface area contributed by atoms with Crippen LogP contribution in [0.15, 0.2) is 22.7 Å². The van der Waals surface area contributed by atoms with Gasteiger partial charge in [0.05, 0.1) is 0 Å². The third kappa shape index (κ3) is 3.73. The number of benzene rings is 1. The summed E-state index contributed by atoms with van der Waals surface area (Å²) < 4.78 is 0.966. The summed E-state index contributed by atoms with van der Waals surface area (Å²) in [5, 5.41) is 3.69. The molecule has 0 saturated heterocycles. The van der Waals surface area contributed by atoms with Gasteiger partial charge in [0.15, 0.2) is 0 Å². The lowest BCUT2D eigenvalue weighted by atomic mass is 9.82. The molecule has 1 fully saturated rings. The number of rotatable bonds is 5. The summed E-state index contributed by atoms with van der Waals surface area (Å²) in [5.41, 5.74) is 7.86.